The topological polar surface area (TPSA) is 29.5 Å². The Morgan fingerprint density at radius 1 is 1.38 bits per heavy atom. The molecule has 1 N–H and O–H groups in total. The molecule has 0 aliphatic rings. The maximum absolute atomic E-state index is 9.43. The molecular weight excluding hydrogens is 268 g/mol. The van der Waals surface area contributed by atoms with E-state index >= 15 is 0 Å². The van der Waals surface area contributed by atoms with Gasteiger partial charge in [-0.25, -0.2) is 0 Å². The van der Waals surface area contributed by atoms with Crippen LogP contribution in [-0.2, 0) is 0 Å². The highest BCUT2D eigenvalue weighted by atomic mass is 79.9. The van der Waals surface area contributed by atoms with Gasteiger partial charge in [0.25, 0.3) is 0 Å². The quantitative estimate of drug-likeness (QED) is 0.813. The molecule has 1 rings (SSSR count). The fraction of sp³-hybridized carbons (Fsp3) is 0.538. The van der Waals surface area contributed by atoms with Gasteiger partial charge >= 0.3 is 0 Å². The second kappa shape index (κ2) is 6.92. The van der Waals surface area contributed by atoms with Crippen LogP contribution in [-0.4, -0.2) is 23.1 Å². The lowest BCUT2D eigenvalue weighted by Crippen LogP contribution is -2.19. The Morgan fingerprint density at radius 3 is 2.69 bits per heavy atom. The van der Waals surface area contributed by atoms with Crippen molar-refractivity contribution >= 4 is 15.9 Å². The summed E-state index contributed by atoms with van der Waals surface area (Å²) in [6.07, 6.45) is 0.631. The minimum absolute atomic E-state index is 0.332. The van der Waals surface area contributed by atoms with E-state index in [1.54, 1.807) is 0 Å². The molecule has 0 saturated heterocycles. The smallest absolute Gasteiger partial charge is 0.122 e. The van der Waals surface area contributed by atoms with E-state index in [0.29, 0.717) is 17.9 Å². The molecule has 2 atom stereocenters. The minimum atomic E-state index is -0.454. The van der Waals surface area contributed by atoms with Gasteiger partial charge in [0.05, 0.1) is 6.10 Å². The Labute approximate surface area is 106 Å². The number of ether oxygens (including phenoxy) is 1. The Morgan fingerprint density at radius 2 is 2.06 bits per heavy atom. The summed E-state index contributed by atoms with van der Waals surface area (Å²) in [6, 6.07) is 8.03. The van der Waals surface area contributed by atoms with Gasteiger partial charge in [-0.2, -0.15) is 0 Å². The number of rotatable bonds is 6. The molecule has 90 valence electrons. The first-order valence-electron chi connectivity index (χ1n) is 5.64. The third kappa shape index (κ3) is 3.80. The molecule has 0 heterocycles. The minimum Gasteiger partial charge on any atom is -0.491 e. The Kier molecular flexibility index (Phi) is 5.85. The molecule has 0 aliphatic heterocycles. The van der Waals surface area contributed by atoms with E-state index in [0.717, 1.165) is 12.2 Å². The Hall–Kier alpha value is -0.540. The summed E-state index contributed by atoms with van der Waals surface area (Å²) in [7, 11) is 0. The van der Waals surface area contributed by atoms with E-state index in [9.17, 15) is 5.11 Å². The first-order valence-corrected chi connectivity index (χ1v) is 6.76. The average Bonchev–Trinajstić information content (AvgIpc) is 2.35. The van der Waals surface area contributed by atoms with Crippen molar-refractivity contribution in [1.82, 2.24) is 0 Å². The number of hydrogen-bond donors (Lipinski definition) is 1. The Bertz CT molecular complexity index is 315. The lowest BCUT2D eigenvalue weighted by Gasteiger charge is -2.16. The van der Waals surface area contributed by atoms with Crippen LogP contribution in [0, 0.1) is 0 Å². The molecule has 1 aromatic carbocycles. The first kappa shape index (κ1) is 13.5. The van der Waals surface area contributed by atoms with Gasteiger partial charge in [0.15, 0.2) is 0 Å². The number of para-hydroxylation sites is 1. The fourth-order valence-corrected chi connectivity index (χ4v) is 1.66. The molecule has 0 spiro atoms. The third-order valence-corrected chi connectivity index (χ3v) is 3.42. The van der Waals surface area contributed by atoms with E-state index in [-0.39, 0.29) is 0 Å². The van der Waals surface area contributed by atoms with Gasteiger partial charge in [-0.15, -0.1) is 0 Å². The molecule has 16 heavy (non-hydrogen) atoms. The van der Waals surface area contributed by atoms with Crippen LogP contribution in [0.15, 0.2) is 24.3 Å². The number of aliphatic hydroxyl groups excluding tert-OH is 1. The summed E-state index contributed by atoms with van der Waals surface area (Å²) in [4.78, 5) is 0. The normalized spacial score (nSPS) is 14.5. The van der Waals surface area contributed by atoms with E-state index in [1.807, 2.05) is 18.2 Å². The highest BCUT2D eigenvalue weighted by molar-refractivity contribution is 9.09. The largest absolute Gasteiger partial charge is 0.491 e. The van der Waals surface area contributed by atoms with E-state index in [2.05, 4.69) is 35.8 Å². The van der Waals surface area contributed by atoms with Crippen LogP contribution in [0.1, 0.15) is 31.7 Å². The zero-order valence-electron chi connectivity index (χ0n) is 9.82. The van der Waals surface area contributed by atoms with E-state index < -0.39 is 6.10 Å². The summed E-state index contributed by atoms with van der Waals surface area (Å²) in [6.45, 7) is 4.68. The molecule has 0 aromatic heterocycles. The van der Waals surface area contributed by atoms with Crippen molar-refractivity contribution in [3.63, 3.8) is 0 Å². The monoisotopic (exact) mass is 286 g/mol. The lowest BCUT2D eigenvalue weighted by molar-refractivity contribution is 0.126. The van der Waals surface area contributed by atoms with E-state index in [4.69, 9.17) is 4.74 Å². The van der Waals surface area contributed by atoms with Crippen LogP contribution in [0.5, 0.6) is 5.75 Å². The van der Waals surface area contributed by atoms with Crippen molar-refractivity contribution in [3.05, 3.63) is 29.8 Å². The van der Waals surface area contributed by atoms with Crippen LogP contribution >= 0.6 is 15.9 Å². The number of halogens is 1. The van der Waals surface area contributed by atoms with Crippen LogP contribution in [0.2, 0.25) is 0 Å². The van der Waals surface area contributed by atoms with Gasteiger partial charge in [0, 0.05) is 5.33 Å². The number of benzene rings is 1. The summed E-state index contributed by atoms with van der Waals surface area (Å²) in [5, 5.41) is 9.97. The third-order valence-electron chi connectivity index (χ3n) is 2.67. The summed E-state index contributed by atoms with van der Waals surface area (Å²) in [5.74, 6) is 1.37. The molecule has 2 nitrogen and oxygen atoms in total. The molecule has 0 radical (unpaired) electrons. The average molecular weight is 287 g/mol. The van der Waals surface area contributed by atoms with Gasteiger partial charge < -0.3 is 9.84 Å². The molecule has 1 aromatic rings. The van der Waals surface area contributed by atoms with Gasteiger partial charge in [0.1, 0.15) is 12.4 Å². The summed E-state index contributed by atoms with van der Waals surface area (Å²) >= 11 is 3.22. The van der Waals surface area contributed by atoms with Crippen molar-refractivity contribution < 1.29 is 9.84 Å². The first-order chi connectivity index (χ1) is 7.69. The van der Waals surface area contributed by atoms with Gasteiger partial charge in [-0.05, 0) is 24.0 Å². The zero-order valence-corrected chi connectivity index (χ0v) is 11.4. The fourth-order valence-electron chi connectivity index (χ4n) is 1.47. The maximum Gasteiger partial charge on any atom is 0.122 e. The SMILES string of the molecule is CCC(C)c1ccccc1OCC(O)CBr. The van der Waals surface area contributed by atoms with Crippen LogP contribution < -0.4 is 4.74 Å². The molecule has 0 fully saturated rings. The highest BCUT2D eigenvalue weighted by Crippen LogP contribution is 2.28. The molecule has 0 bridgehead atoms. The standard InChI is InChI=1S/C13H19BrO2/c1-3-10(2)12-6-4-5-7-13(12)16-9-11(15)8-14/h4-7,10-11,15H,3,8-9H2,1-2H3. The molecule has 2 unspecified atom stereocenters. The maximum atomic E-state index is 9.43. The van der Waals surface area contributed by atoms with Crippen molar-refractivity contribution in [2.45, 2.75) is 32.3 Å². The molecule has 0 amide bonds. The van der Waals surface area contributed by atoms with Crippen LogP contribution in [0.25, 0.3) is 0 Å². The number of hydrogen-bond acceptors (Lipinski definition) is 2. The predicted octanol–water partition coefficient (Wildman–Crippen LogP) is 3.33. The van der Waals surface area contributed by atoms with Crippen molar-refractivity contribution in [3.8, 4) is 5.75 Å². The second-order valence-electron chi connectivity index (χ2n) is 3.97. The van der Waals surface area contributed by atoms with Gasteiger partial charge in [-0.1, -0.05) is 48.0 Å². The second-order valence-corrected chi connectivity index (χ2v) is 4.61. The van der Waals surface area contributed by atoms with Crippen LogP contribution in [0.4, 0.5) is 0 Å². The van der Waals surface area contributed by atoms with Gasteiger partial charge in [0.2, 0.25) is 0 Å². The summed E-state index contributed by atoms with van der Waals surface area (Å²) < 4.78 is 5.63. The zero-order chi connectivity index (χ0) is 12.0. The molecule has 0 aliphatic carbocycles. The molecule has 3 heteroatoms. The summed E-state index contributed by atoms with van der Waals surface area (Å²) in [5.41, 5.74) is 1.21. The Balaban J connectivity index is 2.71. The van der Waals surface area contributed by atoms with E-state index in [1.165, 1.54) is 5.56 Å². The molecule has 0 saturated carbocycles. The lowest BCUT2D eigenvalue weighted by atomic mass is 9.98. The predicted molar refractivity (Wildman–Crippen MR) is 70.4 cm³/mol. The van der Waals surface area contributed by atoms with Gasteiger partial charge in [-0.3, -0.25) is 0 Å². The van der Waals surface area contributed by atoms with Crippen molar-refractivity contribution in [2.24, 2.45) is 0 Å². The van der Waals surface area contributed by atoms with Crippen molar-refractivity contribution in [2.75, 3.05) is 11.9 Å². The van der Waals surface area contributed by atoms with Crippen molar-refractivity contribution in [1.29, 1.82) is 0 Å². The number of aliphatic hydroxyl groups is 1. The highest BCUT2D eigenvalue weighted by Gasteiger charge is 2.10. The molecular formula is C13H19BrO2. The number of alkyl halides is 1. The van der Waals surface area contributed by atoms with Crippen LogP contribution in [0.3, 0.4) is 0 Å².